The zero-order chi connectivity index (χ0) is 12.3. The summed E-state index contributed by atoms with van der Waals surface area (Å²) in [4.78, 5) is 11.0. The van der Waals surface area contributed by atoms with Gasteiger partial charge in [-0.1, -0.05) is 0 Å². The highest BCUT2D eigenvalue weighted by atomic mass is 32.2. The highest BCUT2D eigenvalue weighted by Crippen LogP contribution is 2.04. The first-order valence-corrected chi connectivity index (χ1v) is 6.51. The van der Waals surface area contributed by atoms with Crippen LogP contribution >= 0.6 is 0 Å². The van der Waals surface area contributed by atoms with E-state index in [1.165, 1.54) is 6.92 Å². The minimum Gasteiger partial charge on any atom is -0.293 e. The summed E-state index contributed by atoms with van der Waals surface area (Å²) in [6, 6.07) is 1.66. The number of hydrogen-bond donors (Lipinski definition) is 0. The molecule has 0 atom stereocenters. The van der Waals surface area contributed by atoms with E-state index in [1.807, 2.05) is 0 Å². The van der Waals surface area contributed by atoms with Crippen molar-refractivity contribution in [1.29, 1.82) is 0 Å². The van der Waals surface area contributed by atoms with Crippen LogP contribution in [0.3, 0.4) is 0 Å². The summed E-state index contributed by atoms with van der Waals surface area (Å²) in [6.07, 6.45) is 0.990. The Morgan fingerprint density at radius 2 is 2.19 bits per heavy atom. The molecule has 0 spiro atoms. The van der Waals surface area contributed by atoms with Gasteiger partial charge in [0.15, 0.2) is 5.78 Å². The van der Waals surface area contributed by atoms with E-state index in [9.17, 15) is 13.2 Å². The SMILES string of the molecule is CC(=O)c1cc(C)n(CCOS(C)(=O)=O)n1. The van der Waals surface area contributed by atoms with Crippen molar-refractivity contribution in [3.05, 3.63) is 17.5 Å². The van der Waals surface area contributed by atoms with Crippen molar-refractivity contribution in [2.75, 3.05) is 12.9 Å². The van der Waals surface area contributed by atoms with Gasteiger partial charge in [-0.15, -0.1) is 0 Å². The number of carbonyl (C=O) groups excluding carboxylic acids is 1. The lowest BCUT2D eigenvalue weighted by atomic mass is 10.3. The van der Waals surface area contributed by atoms with Crippen molar-refractivity contribution in [3.63, 3.8) is 0 Å². The van der Waals surface area contributed by atoms with Gasteiger partial charge >= 0.3 is 0 Å². The topological polar surface area (TPSA) is 78.3 Å². The molecular weight excluding hydrogens is 232 g/mol. The predicted molar refractivity (Wildman–Crippen MR) is 57.8 cm³/mol. The Labute approximate surface area is 94.3 Å². The molecule has 0 aliphatic rings. The molecule has 0 unspecified atom stereocenters. The number of aryl methyl sites for hydroxylation is 1. The number of Topliss-reactive ketones (excluding diaryl/α,β-unsaturated/α-hetero) is 1. The lowest BCUT2D eigenvalue weighted by molar-refractivity contribution is 0.101. The zero-order valence-corrected chi connectivity index (χ0v) is 10.2. The predicted octanol–water partition coefficient (Wildman–Crippen LogP) is 0.370. The number of hydrogen-bond acceptors (Lipinski definition) is 5. The molecule has 0 saturated heterocycles. The summed E-state index contributed by atoms with van der Waals surface area (Å²) >= 11 is 0. The van der Waals surface area contributed by atoms with Gasteiger partial charge in [-0.25, -0.2) is 0 Å². The normalized spacial score (nSPS) is 11.7. The average Bonchev–Trinajstić information content (AvgIpc) is 2.46. The van der Waals surface area contributed by atoms with Crippen LogP contribution in [-0.4, -0.2) is 36.8 Å². The summed E-state index contributed by atoms with van der Waals surface area (Å²) in [7, 11) is -3.42. The zero-order valence-electron chi connectivity index (χ0n) is 9.43. The van der Waals surface area contributed by atoms with Crippen molar-refractivity contribution in [1.82, 2.24) is 9.78 Å². The highest BCUT2D eigenvalue weighted by molar-refractivity contribution is 7.85. The van der Waals surface area contributed by atoms with Gasteiger partial charge in [0.05, 0.1) is 19.4 Å². The highest BCUT2D eigenvalue weighted by Gasteiger charge is 2.08. The number of nitrogens with zero attached hydrogens (tertiary/aromatic N) is 2. The maximum Gasteiger partial charge on any atom is 0.264 e. The van der Waals surface area contributed by atoms with Gasteiger partial charge in [0, 0.05) is 12.6 Å². The van der Waals surface area contributed by atoms with Crippen LogP contribution in [0.25, 0.3) is 0 Å². The summed E-state index contributed by atoms with van der Waals surface area (Å²) in [5, 5.41) is 4.02. The summed E-state index contributed by atoms with van der Waals surface area (Å²) in [5.74, 6) is -0.120. The molecule has 1 rings (SSSR count). The Kier molecular flexibility index (Phi) is 3.82. The van der Waals surface area contributed by atoms with Crippen molar-refractivity contribution in [3.8, 4) is 0 Å². The standard InChI is InChI=1S/C9H14N2O4S/c1-7-6-9(8(2)12)10-11(7)4-5-15-16(3,13)14/h6H,4-5H2,1-3H3. The maximum atomic E-state index is 11.0. The van der Waals surface area contributed by atoms with E-state index in [-0.39, 0.29) is 12.4 Å². The van der Waals surface area contributed by atoms with E-state index >= 15 is 0 Å². The molecule has 90 valence electrons. The molecule has 16 heavy (non-hydrogen) atoms. The number of aromatic nitrogens is 2. The molecule has 0 bridgehead atoms. The minimum absolute atomic E-state index is 0.0126. The maximum absolute atomic E-state index is 11.0. The van der Waals surface area contributed by atoms with Crippen LogP contribution in [0, 0.1) is 6.92 Å². The van der Waals surface area contributed by atoms with Crippen molar-refractivity contribution in [2.45, 2.75) is 20.4 Å². The van der Waals surface area contributed by atoms with Crippen LogP contribution in [0.15, 0.2) is 6.07 Å². The molecule has 1 aromatic heterocycles. The quantitative estimate of drug-likeness (QED) is 0.554. The first-order chi connectivity index (χ1) is 7.29. The van der Waals surface area contributed by atoms with E-state index in [2.05, 4.69) is 9.28 Å². The molecule has 0 aliphatic heterocycles. The van der Waals surface area contributed by atoms with E-state index < -0.39 is 10.1 Å². The van der Waals surface area contributed by atoms with Gasteiger partial charge in [0.2, 0.25) is 0 Å². The van der Waals surface area contributed by atoms with Crippen LogP contribution in [-0.2, 0) is 20.8 Å². The number of carbonyl (C=O) groups is 1. The third-order valence-electron chi connectivity index (χ3n) is 1.94. The smallest absolute Gasteiger partial charge is 0.264 e. The van der Waals surface area contributed by atoms with Gasteiger partial charge in [-0.05, 0) is 13.0 Å². The van der Waals surface area contributed by atoms with Gasteiger partial charge in [-0.2, -0.15) is 13.5 Å². The fourth-order valence-corrected chi connectivity index (χ4v) is 1.56. The van der Waals surface area contributed by atoms with E-state index in [1.54, 1.807) is 17.7 Å². The van der Waals surface area contributed by atoms with E-state index in [0.29, 0.717) is 12.2 Å². The first kappa shape index (κ1) is 12.9. The van der Waals surface area contributed by atoms with Crippen molar-refractivity contribution >= 4 is 15.9 Å². The molecule has 7 heteroatoms. The van der Waals surface area contributed by atoms with Gasteiger partial charge in [0.25, 0.3) is 10.1 Å². The lowest BCUT2D eigenvalue weighted by Crippen LogP contribution is -2.12. The molecule has 0 N–H and O–H groups in total. The van der Waals surface area contributed by atoms with Gasteiger partial charge in [0.1, 0.15) is 5.69 Å². The fourth-order valence-electron chi connectivity index (χ4n) is 1.18. The Morgan fingerprint density at radius 1 is 1.56 bits per heavy atom. The number of rotatable bonds is 5. The fraction of sp³-hybridized carbons (Fsp3) is 0.556. The number of ketones is 1. The van der Waals surface area contributed by atoms with Crippen LogP contribution in [0.4, 0.5) is 0 Å². The van der Waals surface area contributed by atoms with Gasteiger partial charge < -0.3 is 0 Å². The summed E-state index contributed by atoms with van der Waals surface area (Å²) in [5.41, 5.74) is 1.17. The van der Waals surface area contributed by atoms with E-state index in [0.717, 1.165) is 11.9 Å². The van der Waals surface area contributed by atoms with Crippen molar-refractivity contribution < 1.29 is 17.4 Å². The average molecular weight is 246 g/mol. The summed E-state index contributed by atoms with van der Waals surface area (Å²) < 4.78 is 27.6. The third-order valence-corrected chi connectivity index (χ3v) is 2.54. The van der Waals surface area contributed by atoms with Crippen LogP contribution < -0.4 is 0 Å². The second-order valence-electron chi connectivity index (χ2n) is 3.48. The Balaban J connectivity index is 2.64. The van der Waals surface area contributed by atoms with Crippen molar-refractivity contribution in [2.24, 2.45) is 0 Å². The molecule has 0 aromatic carbocycles. The van der Waals surface area contributed by atoms with Crippen LogP contribution in [0.1, 0.15) is 23.1 Å². The Morgan fingerprint density at radius 3 is 2.62 bits per heavy atom. The van der Waals surface area contributed by atoms with Crippen LogP contribution in [0.5, 0.6) is 0 Å². The molecule has 0 saturated carbocycles. The second kappa shape index (κ2) is 4.75. The molecule has 0 amide bonds. The first-order valence-electron chi connectivity index (χ1n) is 4.69. The molecule has 6 nitrogen and oxygen atoms in total. The third kappa shape index (κ3) is 3.74. The Bertz CT molecular complexity index is 490. The molecular formula is C9H14N2O4S. The lowest BCUT2D eigenvalue weighted by Gasteiger charge is -2.03. The molecule has 1 heterocycles. The second-order valence-corrected chi connectivity index (χ2v) is 5.12. The Hall–Kier alpha value is -1.21. The molecule has 1 aromatic rings. The molecule has 0 fully saturated rings. The van der Waals surface area contributed by atoms with E-state index in [4.69, 9.17) is 0 Å². The molecule has 0 radical (unpaired) electrons. The minimum atomic E-state index is -3.42. The monoisotopic (exact) mass is 246 g/mol. The summed E-state index contributed by atoms with van der Waals surface area (Å²) in [6.45, 7) is 3.53. The van der Waals surface area contributed by atoms with Gasteiger partial charge in [-0.3, -0.25) is 13.7 Å². The van der Waals surface area contributed by atoms with Crippen LogP contribution in [0.2, 0.25) is 0 Å². The largest absolute Gasteiger partial charge is 0.293 e. The molecule has 0 aliphatic carbocycles.